The van der Waals surface area contributed by atoms with Gasteiger partial charge in [-0.2, -0.15) is 0 Å². The smallest absolute Gasteiger partial charge is 0.413 e. The van der Waals surface area contributed by atoms with Crippen LogP contribution in [0.5, 0.6) is 5.75 Å². The summed E-state index contributed by atoms with van der Waals surface area (Å²) in [4.78, 5) is 22.9. The van der Waals surface area contributed by atoms with Gasteiger partial charge in [0.15, 0.2) is 6.04 Å². The van der Waals surface area contributed by atoms with Crippen molar-refractivity contribution >= 4 is 12.1 Å². The molecule has 5 nitrogen and oxygen atoms in total. The Kier molecular flexibility index (Phi) is 4.34. The fraction of sp³-hybridized carbons (Fsp3) is 0.0667. The van der Waals surface area contributed by atoms with Crippen molar-refractivity contribution in [3.05, 3.63) is 66.2 Å². The van der Waals surface area contributed by atoms with Crippen molar-refractivity contribution in [3.8, 4) is 5.75 Å². The van der Waals surface area contributed by atoms with Crippen LogP contribution in [0.4, 0.5) is 4.79 Å². The number of hydrogen-bond donors (Lipinski definition) is 2. The van der Waals surface area contributed by atoms with Crippen molar-refractivity contribution in [3.63, 3.8) is 0 Å². The van der Waals surface area contributed by atoms with Gasteiger partial charge in [-0.1, -0.05) is 48.5 Å². The molecule has 0 saturated carbocycles. The van der Waals surface area contributed by atoms with E-state index in [0.717, 1.165) is 0 Å². The van der Waals surface area contributed by atoms with Crippen LogP contribution in [0.25, 0.3) is 0 Å². The SMILES string of the molecule is O=C(N[C@@H](C(=O)O)c1ccccc1)Oc1ccccc1. The van der Waals surface area contributed by atoms with E-state index in [2.05, 4.69) is 5.32 Å². The summed E-state index contributed by atoms with van der Waals surface area (Å²) in [6.07, 6.45) is -0.813. The maximum atomic E-state index is 11.7. The number of para-hydroxylation sites is 1. The van der Waals surface area contributed by atoms with Crippen molar-refractivity contribution in [2.75, 3.05) is 0 Å². The fourth-order valence-corrected chi connectivity index (χ4v) is 1.68. The molecule has 102 valence electrons. The number of rotatable bonds is 4. The summed E-state index contributed by atoms with van der Waals surface area (Å²) >= 11 is 0. The molecule has 2 aromatic carbocycles. The normalized spacial score (nSPS) is 11.4. The lowest BCUT2D eigenvalue weighted by Gasteiger charge is -2.14. The van der Waals surface area contributed by atoms with Crippen LogP contribution in [0, 0.1) is 0 Å². The second-order valence-electron chi connectivity index (χ2n) is 4.03. The summed E-state index contributed by atoms with van der Waals surface area (Å²) in [6.45, 7) is 0. The predicted molar refractivity (Wildman–Crippen MR) is 72.4 cm³/mol. The summed E-state index contributed by atoms with van der Waals surface area (Å²) in [6, 6.07) is 15.7. The fourth-order valence-electron chi connectivity index (χ4n) is 1.68. The molecule has 0 radical (unpaired) electrons. The molecule has 0 aliphatic rings. The molecule has 0 aliphatic carbocycles. The molecule has 0 fully saturated rings. The zero-order valence-corrected chi connectivity index (χ0v) is 10.5. The van der Waals surface area contributed by atoms with E-state index in [1.54, 1.807) is 60.7 Å². The second-order valence-corrected chi connectivity index (χ2v) is 4.03. The van der Waals surface area contributed by atoms with Gasteiger partial charge in [0.1, 0.15) is 5.75 Å². The Morgan fingerprint density at radius 2 is 1.50 bits per heavy atom. The van der Waals surface area contributed by atoms with Gasteiger partial charge in [-0.05, 0) is 17.7 Å². The van der Waals surface area contributed by atoms with Crippen molar-refractivity contribution in [2.24, 2.45) is 0 Å². The number of ether oxygens (including phenoxy) is 1. The van der Waals surface area contributed by atoms with Crippen molar-refractivity contribution in [2.45, 2.75) is 6.04 Å². The Labute approximate surface area is 115 Å². The van der Waals surface area contributed by atoms with Crippen LogP contribution < -0.4 is 10.1 Å². The van der Waals surface area contributed by atoms with E-state index in [-0.39, 0.29) is 0 Å². The van der Waals surface area contributed by atoms with E-state index in [1.165, 1.54) is 0 Å². The number of carbonyl (C=O) groups is 2. The first kappa shape index (κ1) is 13.6. The maximum absolute atomic E-state index is 11.7. The summed E-state index contributed by atoms with van der Waals surface area (Å²) in [5.41, 5.74) is 0.477. The number of carboxylic acid groups (broad SMARTS) is 1. The van der Waals surface area contributed by atoms with E-state index in [0.29, 0.717) is 11.3 Å². The number of nitrogens with one attached hydrogen (secondary N) is 1. The highest BCUT2D eigenvalue weighted by Gasteiger charge is 2.22. The number of carbonyl (C=O) groups excluding carboxylic acids is 1. The third-order valence-electron chi connectivity index (χ3n) is 2.60. The van der Waals surface area contributed by atoms with Crippen molar-refractivity contribution < 1.29 is 19.4 Å². The highest BCUT2D eigenvalue weighted by molar-refractivity contribution is 5.82. The average molecular weight is 271 g/mol. The van der Waals surface area contributed by atoms with E-state index in [4.69, 9.17) is 4.74 Å². The zero-order chi connectivity index (χ0) is 14.4. The summed E-state index contributed by atoms with van der Waals surface area (Å²) in [5, 5.41) is 11.5. The number of amides is 1. The predicted octanol–water partition coefficient (Wildman–Crippen LogP) is 2.60. The quantitative estimate of drug-likeness (QED) is 0.896. The second kappa shape index (κ2) is 6.38. The molecule has 1 atom stereocenters. The average Bonchev–Trinajstić information content (AvgIpc) is 2.46. The molecule has 1 amide bonds. The molecular formula is C15H13NO4. The van der Waals surface area contributed by atoms with Crippen LogP contribution in [-0.4, -0.2) is 17.2 Å². The summed E-state index contributed by atoms with van der Waals surface area (Å²) in [5.74, 6) is -0.802. The van der Waals surface area contributed by atoms with Crippen molar-refractivity contribution in [1.29, 1.82) is 0 Å². The Morgan fingerprint density at radius 1 is 0.950 bits per heavy atom. The zero-order valence-electron chi connectivity index (χ0n) is 10.5. The molecule has 2 aromatic rings. The molecule has 0 unspecified atom stereocenters. The first-order chi connectivity index (χ1) is 9.66. The van der Waals surface area contributed by atoms with Gasteiger partial charge in [0.25, 0.3) is 0 Å². The first-order valence-electron chi connectivity index (χ1n) is 5.98. The van der Waals surface area contributed by atoms with Crippen LogP contribution in [0.15, 0.2) is 60.7 Å². The van der Waals surface area contributed by atoms with Gasteiger partial charge in [-0.3, -0.25) is 0 Å². The van der Waals surface area contributed by atoms with Crippen LogP contribution in [0.3, 0.4) is 0 Å². The Balaban J connectivity index is 2.06. The largest absolute Gasteiger partial charge is 0.479 e. The first-order valence-corrected chi connectivity index (χ1v) is 5.98. The lowest BCUT2D eigenvalue weighted by Crippen LogP contribution is -2.35. The molecular weight excluding hydrogens is 258 g/mol. The molecule has 2 rings (SSSR count). The Hall–Kier alpha value is -2.82. The van der Waals surface area contributed by atoms with Crippen LogP contribution in [0.2, 0.25) is 0 Å². The summed E-state index contributed by atoms with van der Waals surface area (Å²) in [7, 11) is 0. The highest BCUT2D eigenvalue weighted by Crippen LogP contribution is 2.14. The van der Waals surface area contributed by atoms with E-state index < -0.39 is 18.1 Å². The van der Waals surface area contributed by atoms with Gasteiger partial charge in [0.05, 0.1) is 0 Å². The minimum atomic E-state index is -1.15. The minimum absolute atomic E-state index is 0.349. The minimum Gasteiger partial charge on any atom is -0.479 e. The molecule has 0 bridgehead atoms. The molecule has 0 heterocycles. The van der Waals surface area contributed by atoms with Gasteiger partial charge in [-0.25, -0.2) is 9.59 Å². The standard InChI is InChI=1S/C15H13NO4/c17-14(18)13(11-7-3-1-4-8-11)16-15(19)20-12-9-5-2-6-10-12/h1-10,13H,(H,16,19)(H,17,18)/t13-/m1/s1. The highest BCUT2D eigenvalue weighted by atomic mass is 16.6. The van der Waals surface area contributed by atoms with Crippen LogP contribution in [0.1, 0.15) is 11.6 Å². The molecule has 2 N–H and O–H groups in total. The number of carboxylic acids is 1. The monoisotopic (exact) mass is 271 g/mol. The third kappa shape index (κ3) is 3.58. The number of hydrogen-bond acceptors (Lipinski definition) is 3. The maximum Gasteiger partial charge on any atom is 0.413 e. The van der Waals surface area contributed by atoms with Crippen molar-refractivity contribution in [1.82, 2.24) is 5.32 Å². The van der Waals surface area contributed by atoms with E-state index in [1.807, 2.05) is 0 Å². The van der Waals surface area contributed by atoms with Gasteiger partial charge >= 0.3 is 12.1 Å². The Bertz CT molecular complexity index is 583. The lowest BCUT2D eigenvalue weighted by molar-refractivity contribution is -0.139. The molecule has 20 heavy (non-hydrogen) atoms. The van der Waals surface area contributed by atoms with Gasteiger partial charge in [-0.15, -0.1) is 0 Å². The lowest BCUT2D eigenvalue weighted by atomic mass is 10.1. The molecule has 0 aliphatic heterocycles. The van der Waals surface area contributed by atoms with Gasteiger partial charge in [0, 0.05) is 0 Å². The number of aliphatic carboxylic acids is 1. The molecule has 0 spiro atoms. The van der Waals surface area contributed by atoms with Gasteiger partial charge < -0.3 is 15.2 Å². The third-order valence-corrected chi connectivity index (χ3v) is 2.60. The topological polar surface area (TPSA) is 75.6 Å². The van der Waals surface area contributed by atoms with Crippen LogP contribution >= 0.6 is 0 Å². The molecule has 0 aromatic heterocycles. The van der Waals surface area contributed by atoms with E-state index in [9.17, 15) is 14.7 Å². The Morgan fingerprint density at radius 3 is 2.05 bits per heavy atom. The van der Waals surface area contributed by atoms with E-state index >= 15 is 0 Å². The summed E-state index contributed by atoms with van der Waals surface area (Å²) < 4.78 is 5.00. The molecule has 5 heteroatoms. The number of benzene rings is 2. The molecule has 0 saturated heterocycles. The van der Waals surface area contributed by atoms with Crippen LogP contribution in [-0.2, 0) is 4.79 Å². The van der Waals surface area contributed by atoms with Gasteiger partial charge in [0.2, 0.25) is 0 Å².